The van der Waals surface area contributed by atoms with E-state index in [2.05, 4.69) is 13.8 Å². The monoisotopic (exact) mass is 252 g/mol. The van der Waals surface area contributed by atoms with Gasteiger partial charge in [-0.25, -0.2) is 0 Å². The Labute approximate surface area is 109 Å². The van der Waals surface area contributed by atoms with Gasteiger partial charge in [0.2, 0.25) is 0 Å². The molecule has 4 aliphatic rings. The Kier molecular flexibility index (Phi) is 2.94. The molecule has 17 heavy (non-hydrogen) atoms. The second-order valence-corrected chi connectivity index (χ2v) is 7.51. The molecule has 0 atom stereocenters. The average Bonchev–Trinajstić information content (AvgIpc) is 2.29. The van der Waals surface area contributed by atoms with Crippen LogP contribution in [0.3, 0.4) is 0 Å². The number of hydrogen-bond acceptors (Lipinski definition) is 1. The van der Waals surface area contributed by atoms with Crippen LogP contribution in [-0.4, -0.2) is 16.1 Å². The number of hydrogen-bond donors (Lipinski definition) is 0. The van der Waals surface area contributed by atoms with Crippen molar-refractivity contribution >= 4 is 10.5 Å². The second kappa shape index (κ2) is 4.09. The molecule has 4 saturated carbocycles. The fourth-order valence-electron chi connectivity index (χ4n) is 6.17. The molecule has 0 radical (unpaired) electrons. The predicted octanol–water partition coefficient (Wildman–Crippen LogP) is 3.06. The molecule has 4 fully saturated rings. The van der Waals surface area contributed by atoms with Crippen molar-refractivity contribution in [1.82, 2.24) is 0 Å². The third-order valence-corrected chi connectivity index (χ3v) is 7.32. The van der Waals surface area contributed by atoms with Gasteiger partial charge in [-0.2, -0.15) is 0 Å². The van der Waals surface area contributed by atoms with Gasteiger partial charge in [-0.15, -0.1) is 0 Å². The van der Waals surface area contributed by atoms with E-state index in [1.807, 2.05) is 0 Å². The van der Waals surface area contributed by atoms with Crippen LogP contribution in [0, 0.1) is 23.2 Å². The zero-order valence-electron chi connectivity index (χ0n) is 11.8. The van der Waals surface area contributed by atoms with Gasteiger partial charge in [-0.3, -0.25) is 0 Å². The zero-order chi connectivity index (χ0) is 12.1. The molecule has 0 heterocycles. The predicted molar refractivity (Wildman–Crippen MR) is 74.9 cm³/mol. The van der Waals surface area contributed by atoms with Crippen molar-refractivity contribution in [3.63, 3.8) is 0 Å². The van der Waals surface area contributed by atoms with E-state index in [1.165, 1.54) is 32.1 Å². The summed E-state index contributed by atoms with van der Waals surface area (Å²) in [6, 6.07) is 0. The van der Waals surface area contributed by atoms with Gasteiger partial charge in [0, 0.05) is 0 Å². The van der Waals surface area contributed by atoms with Crippen molar-refractivity contribution < 1.29 is 4.43 Å². The van der Waals surface area contributed by atoms with Crippen molar-refractivity contribution in [3.05, 3.63) is 0 Å². The molecule has 0 amide bonds. The van der Waals surface area contributed by atoms with E-state index < -0.39 is 0 Å². The van der Waals surface area contributed by atoms with Crippen LogP contribution in [0.2, 0.25) is 0 Å². The minimum Gasteiger partial charge on any atom is -0.422 e. The van der Waals surface area contributed by atoms with Gasteiger partial charge >= 0.3 is 0 Å². The van der Waals surface area contributed by atoms with Gasteiger partial charge in [-0.05, 0) is 74.5 Å². The van der Waals surface area contributed by atoms with Crippen LogP contribution in [-0.2, 0) is 4.43 Å². The lowest BCUT2D eigenvalue weighted by Gasteiger charge is -2.63. The first kappa shape index (κ1) is 12.2. The van der Waals surface area contributed by atoms with Crippen LogP contribution in [0.25, 0.3) is 0 Å². The Balaban J connectivity index is 1.95. The highest BCUT2D eigenvalue weighted by Gasteiger charge is 2.59. The summed E-state index contributed by atoms with van der Waals surface area (Å²) in [5, 5.41) is 0. The van der Waals surface area contributed by atoms with Crippen LogP contribution in [0.5, 0.6) is 0 Å². The summed E-state index contributed by atoms with van der Waals surface area (Å²) >= 11 is 0. The Morgan fingerprint density at radius 2 is 1.41 bits per heavy atom. The molecule has 0 N–H and O–H groups in total. The van der Waals surface area contributed by atoms with Gasteiger partial charge in [0.05, 0.1) is 5.60 Å². The standard InChI is InChI=1S/C15H28OSi/c1-3-15(4-2,16-17)14-8-11-5-12(9-14)7-13(6-11)10-14/h11-13H,3-10H2,1-2,17H3. The van der Waals surface area contributed by atoms with Crippen LogP contribution in [0.15, 0.2) is 0 Å². The number of rotatable bonds is 4. The maximum absolute atomic E-state index is 6.26. The fourth-order valence-corrected chi connectivity index (χ4v) is 7.18. The van der Waals surface area contributed by atoms with Gasteiger partial charge in [-0.1, -0.05) is 13.8 Å². The highest BCUT2D eigenvalue weighted by molar-refractivity contribution is 5.98. The highest BCUT2D eigenvalue weighted by Crippen LogP contribution is 2.65. The molecule has 0 spiro atoms. The lowest BCUT2D eigenvalue weighted by Crippen LogP contribution is -2.58. The molecular weight excluding hydrogens is 224 g/mol. The summed E-state index contributed by atoms with van der Waals surface area (Å²) in [4.78, 5) is 0. The third kappa shape index (κ3) is 1.59. The topological polar surface area (TPSA) is 9.23 Å². The smallest absolute Gasteiger partial charge is 0.146 e. The van der Waals surface area contributed by atoms with Crippen LogP contribution in [0.4, 0.5) is 0 Å². The average molecular weight is 252 g/mol. The molecule has 0 aliphatic heterocycles. The van der Waals surface area contributed by atoms with Gasteiger partial charge in [0.15, 0.2) is 0 Å². The van der Waals surface area contributed by atoms with Crippen LogP contribution < -0.4 is 0 Å². The lowest BCUT2D eigenvalue weighted by atomic mass is 9.44. The summed E-state index contributed by atoms with van der Waals surface area (Å²) < 4.78 is 6.26. The largest absolute Gasteiger partial charge is 0.422 e. The SMILES string of the molecule is CCC(CC)(O[SiH3])C12CC3CC(CC(C3)C1)C2. The van der Waals surface area contributed by atoms with Gasteiger partial charge in [0.25, 0.3) is 0 Å². The van der Waals surface area contributed by atoms with Crippen LogP contribution in [0.1, 0.15) is 65.2 Å². The molecule has 0 unspecified atom stereocenters. The van der Waals surface area contributed by atoms with Crippen molar-refractivity contribution in [1.29, 1.82) is 0 Å². The molecule has 0 aromatic carbocycles. The molecule has 1 nitrogen and oxygen atoms in total. The fraction of sp³-hybridized carbons (Fsp3) is 1.00. The minimum atomic E-state index is 0.245. The molecule has 0 aromatic rings. The normalized spacial score (nSPS) is 44.5. The van der Waals surface area contributed by atoms with E-state index in [9.17, 15) is 0 Å². The van der Waals surface area contributed by atoms with E-state index in [0.29, 0.717) is 5.41 Å². The maximum atomic E-state index is 6.26. The molecule has 0 saturated heterocycles. The summed E-state index contributed by atoms with van der Waals surface area (Å²) in [5.41, 5.74) is 0.822. The van der Waals surface area contributed by atoms with Crippen molar-refractivity contribution in [3.8, 4) is 0 Å². The molecule has 2 heteroatoms. The van der Waals surface area contributed by atoms with Crippen LogP contribution >= 0.6 is 0 Å². The van der Waals surface area contributed by atoms with E-state index in [0.717, 1.165) is 28.2 Å². The first-order valence-electron chi connectivity index (χ1n) is 7.72. The Morgan fingerprint density at radius 1 is 1.00 bits per heavy atom. The summed E-state index contributed by atoms with van der Waals surface area (Å²) in [5.74, 6) is 3.15. The molecule has 0 aromatic heterocycles. The van der Waals surface area contributed by atoms with E-state index in [4.69, 9.17) is 4.43 Å². The zero-order valence-corrected chi connectivity index (χ0v) is 13.8. The quantitative estimate of drug-likeness (QED) is 0.699. The third-order valence-electron chi connectivity index (χ3n) is 6.54. The Morgan fingerprint density at radius 3 is 1.71 bits per heavy atom. The molecule has 98 valence electrons. The molecule has 4 rings (SSSR count). The first-order valence-corrected chi connectivity index (χ1v) is 8.54. The van der Waals surface area contributed by atoms with Gasteiger partial charge in [0.1, 0.15) is 10.5 Å². The molecular formula is C15H28OSi. The Bertz CT molecular complexity index is 252. The van der Waals surface area contributed by atoms with Crippen molar-refractivity contribution in [2.75, 3.05) is 0 Å². The summed E-state index contributed by atoms with van der Waals surface area (Å²) in [6.45, 7) is 4.72. The molecule has 4 bridgehead atoms. The highest BCUT2D eigenvalue weighted by atomic mass is 28.2. The van der Waals surface area contributed by atoms with Crippen molar-refractivity contribution in [2.24, 2.45) is 23.2 Å². The van der Waals surface area contributed by atoms with Crippen molar-refractivity contribution in [2.45, 2.75) is 70.8 Å². The lowest BCUT2D eigenvalue weighted by molar-refractivity contribution is -0.167. The summed E-state index contributed by atoms with van der Waals surface area (Å²) in [6.07, 6.45) is 11.6. The van der Waals surface area contributed by atoms with E-state index in [-0.39, 0.29) is 5.60 Å². The van der Waals surface area contributed by atoms with E-state index >= 15 is 0 Å². The maximum Gasteiger partial charge on any atom is 0.146 e. The Hall–Kier alpha value is 0.177. The second-order valence-electron chi connectivity index (χ2n) is 7.10. The first-order chi connectivity index (χ1) is 8.17. The molecule has 4 aliphatic carbocycles. The summed E-state index contributed by atoms with van der Waals surface area (Å²) in [7, 11) is 0.912. The minimum absolute atomic E-state index is 0.245. The van der Waals surface area contributed by atoms with E-state index in [1.54, 1.807) is 19.3 Å². The van der Waals surface area contributed by atoms with Gasteiger partial charge < -0.3 is 4.43 Å².